The van der Waals surface area contributed by atoms with Crippen LogP contribution in [0.3, 0.4) is 0 Å². The van der Waals surface area contributed by atoms with E-state index in [0.29, 0.717) is 22.5 Å². The maximum atomic E-state index is 11.8. The molecule has 0 aromatic carbocycles. The number of hydrogen-bond donors (Lipinski definition) is 0. The zero-order chi connectivity index (χ0) is 14.0. The third-order valence-corrected chi connectivity index (χ3v) is 7.81. The molecule has 0 N–H and O–H groups in total. The molecule has 0 amide bonds. The fourth-order valence-electron chi connectivity index (χ4n) is 6.53. The zero-order valence-corrected chi connectivity index (χ0v) is 13.0. The van der Waals surface area contributed by atoms with Gasteiger partial charge in [0, 0.05) is 12.8 Å². The predicted molar refractivity (Wildman–Crippen MR) is 81.3 cm³/mol. The van der Waals surface area contributed by atoms with Crippen LogP contribution in [0.25, 0.3) is 0 Å². The summed E-state index contributed by atoms with van der Waals surface area (Å²) in [6.45, 7) is 5.03. The highest BCUT2D eigenvalue weighted by atomic mass is 16.1. The van der Waals surface area contributed by atoms with Gasteiger partial charge >= 0.3 is 0 Å². The van der Waals surface area contributed by atoms with Crippen LogP contribution >= 0.6 is 0 Å². The van der Waals surface area contributed by atoms with Crippen molar-refractivity contribution >= 4 is 5.78 Å². The van der Waals surface area contributed by atoms with E-state index in [2.05, 4.69) is 26.0 Å². The third-order valence-electron chi connectivity index (χ3n) is 7.81. The zero-order valence-electron chi connectivity index (χ0n) is 13.0. The van der Waals surface area contributed by atoms with E-state index in [1.165, 1.54) is 38.5 Å². The van der Waals surface area contributed by atoms with Gasteiger partial charge in [-0.2, -0.15) is 0 Å². The van der Waals surface area contributed by atoms with E-state index in [-0.39, 0.29) is 0 Å². The van der Waals surface area contributed by atoms with E-state index in [0.717, 1.165) is 30.6 Å². The second kappa shape index (κ2) is 4.21. The molecular weight excluding hydrogens is 244 g/mol. The molecule has 110 valence electrons. The smallest absolute Gasteiger partial charge is 0.133 e. The Balaban J connectivity index is 1.64. The molecule has 3 saturated carbocycles. The van der Waals surface area contributed by atoms with E-state index < -0.39 is 0 Å². The Labute approximate surface area is 123 Å². The lowest BCUT2D eigenvalue weighted by molar-refractivity contribution is -0.136. The molecule has 4 aliphatic rings. The summed E-state index contributed by atoms with van der Waals surface area (Å²) in [6, 6.07) is 0. The summed E-state index contributed by atoms with van der Waals surface area (Å²) in [6.07, 6.45) is 14.7. The lowest BCUT2D eigenvalue weighted by atomic mass is 9.45. The van der Waals surface area contributed by atoms with Crippen LogP contribution in [0.2, 0.25) is 0 Å². The first kappa shape index (κ1) is 13.1. The summed E-state index contributed by atoms with van der Waals surface area (Å²) in [5.41, 5.74) is 0.968. The average Bonchev–Trinajstić information content (AvgIpc) is 2.81. The van der Waals surface area contributed by atoms with Gasteiger partial charge in [0.2, 0.25) is 0 Å². The molecule has 1 nitrogen and oxygen atoms in total. The molecule has 0 heterocycles. The van der Waals surface area contributed by atoms with Crippen molar-refractivity contribution in [3.05, 3.63) is 12.2 Å². The normalized spacial score (nSPS) is 54.2. The largest absolute Gasteiger partial charge is 0.300 e. The Kier molecular flexibility index (Phi) is 2.76. The third kappa shape index (κ3) is 1.64. The summed E-state index contributed by atoms with van der Waals surface area (Å²) in [7, 11) is 0. The molecular formula is C19H28O. The average molecular weight is 272 g/mol. The van der Waals surface area contributed by atoms with Gasteiger partial charge in [0.05, 0.1) is 0 Å². The summed E-state index contributed by atoms with van der Waals surface area (Å²) in [4.78, 5) is 11.8. The van der Waals surface area contributed by atoms with Gasteiger partial charge < -0.3 is 0 Å². The molecule has 3 unspecified atom stereocenters. The van der Waals surface area contributed by atoms with Crippen molar-refractivity contribution in [3.8, 4) is 0 Å². The molecule has 0 aromatic heterocycles. The van der Waals surface area contributed by atoms with Crippen LogP contribution in [-0.4, -0.2) is 5.78 Å². The number of ketones is 1. The Hall–Kier alpha value is -0.590. The van der Waals surface area contributed by atoms with Crippen molar-refractivity contribution in [1.82, 2.24) is 0 Å². The second-order valence-electron chi connectivity index (χ2n) is 8.58. The van der Waals surface area contributed by atoms with Crippen molar-refractivity contribution in [2.24, 2.45) is 34.5 Å². The van der Waals surface area contributed by atoms with Gasteiger partial charge in [-0.1, -0.05) is 26.0 Å². The molecule has 0 saturated heterocycles. The maximum Gasteiger partial charge on any atom is 0.133 e. The van der Waals surface area contributed by atoms with Crippen LogP contribution in [0.4, 0.5) is 0 Å². The Bertz CT molecular complexity index is 464. The van der Waals surface area contributed by atoms with E-state index in [4.69, 9.17) is 0 Å². The number of carbonyl (C=O) groups is 1. The van der Waals surface area contributed by atoms with Gasteiger partial charge in [-0.05, 0) is 73.0 Å². The Morgan fingerprint density at radius 3 is 2.80 bits per heavy atom. The highest BCUT2D eigenvalue weighted by molar-refractivity contribution is 5.79. The lowest BCUT2D eigenvalue weighted by Gasteiger charge is -2.59. The molecule has 20 heavy (non-hydrogen) atoms. The second-order valence-corrected chi connectivity index (χ2v) is 8.58. The van der Waals surface area contributed by atoms with Gasteiger partial charge in [0.15, 0.2) is 0 Å². The minimum Gasteiger partial charge on any atom is -0.300 e. The van der Waals surface area contributed by atoms with Crippen molar-refractivity contribution < 1.29 is 4.79 Å². The Morgan fingerprint density at radius 2 is 1.95 bits per heavy atom. The van der Waals surface area contributed by atoms with Gasteiger partial charge in [0.25, 0.3) is 0 Å². The first-order valence-corrected chi connectivity index (χ1v) is 8.72. The molecule has 6 atom stereocenters. The molecule has 3 fully saturated rings. The monoisotopic (exact) mass is 272 g/mol. The summed E-state index contributed by atoms with van der Waals surface area (Å²) in [5.74, 6) is 3.96. The molecule has 0 bridgehead atoms. The van der Waals surface area contributed by atoms with Crippen LogP contribution in [0, 0.1) is 34.5 Å². The number of fused-ring (bicyclic) bond motifs is 5. The topological polar surface area (TPSA) is 17.1 Å². The minimum absolute atomic E-state index is 0.473. The Morgan fingerprint density at radius 1 is 1.10 bits per heavy atom. The maximum absolute atomic E-state index is 11.8. The highest BCUT2D eigenvalue weighted by Crippen LogP contribution is 2.64. The van der Waals surface area contributed by atoms with E-state index in [9.17, 15) is 4.79 Å². The van der Waals surface area contributed by atoms with E-state index in [1.54, 1.807) is 0 Å². The summed E-state index contributed by atoms with van der Waals surface area (Å²) < 4.78 is 0. The van der Waals surface area contributed by atoms with Crippen LogP contribution in [0.5, 0.6) is 0 Å². The number of hydrogen-bond acceptors (Lipinski definition) is 1. The van der Waals surface area contributed by atoms with Crippen molar-refractivity contribution in [3.63, 3.8) is 0 Å². The van der Waals surface area contributed by atoms with Gasteiger partial charge in [-0.25, -0.2) is 0 Å². The van der Waals surface area contributed by atoms with Crippen molar-refractivity contribution in [2.75, 3.05) is 0 Å². The fraction of sp³-hybridized carbons (Fsp3) is 0.842. The summed E-state index contributed by atoms with van der Waals surface area (Å²) in [5, 5.41) is 0. The number of carbonyl (C=O) groups excluding carboxylic acids is 1. The van der Waals surface area contributed by atoms with Crippen LogP contribution in [0.1, 0.15) is 65.2 Å². The first-order valence-electron chi connectivity index (χ1n) is 8.72. The van der Waals surface area contributed by atoms with Crippen LogP contribution in [0.15, 0.2) is 12.2 Å². The fourth-order valence-corrected chi connectivity index (χ4v) is 6.53. The van der Waals surface area contributed by atoms with E-state index in [1.807, 2.05) is 0 Å². The summed E-state index contributed by atoms with van der Waals surface area (Å²) >= 11 is 0. The molecule has 4 aliphatic carbocycles. The van der Waals surface area contributed by atoms with E-state index >= 15 is 0 Å². The molecule has 0 aromatic rings. The lowest BCUT2D eigenvalue weighted by Crippen LogP contribution is -2.52. The first-order chi connectivity index (χ1) is 9.53. The number of allylic oxidation sites excluding steroid dienone is 2. The minimum atomic E-state index is 0.473. The molecule has 0 spiro atoms. The molecule has 4 rings (SSSR count). The van der Waals surface area contributed by atoms with Gasteiger partial charge in [-0.3, -0.25) is 4.79 Å². The molecule has 0 aliphatic heterocycles. The van der Waals surface area contributed by atoms with Crippen molar-refractivity contribution in [2.45, 2.75) is 65.2 Å². The standard InChI is InChI=1S/C19H28O/c1-18-9-3-4-16(18)15-6-5-13-12-14(20)7-11-19(13,2)17(15)8-10-18/h3,9,13,15-17H,4-8,10-12H2,1-2H3/t13-,15?,16?,17?,18-,19-/m0/s1. The quantitative estimate of drug-likeness (QED) is 0.581. The highest BCUT2D eigenvalue weighted by Gasteiger charge is 2.56. The van der Waals surface area contributed by atoms with Crippen molar-refractivity contribution in [1.29, 1.82) is 0 Å². The van der Waals surface area contributed by atoms with Gasteiger partial charge in [-0.15, -0.1) is 0 Å². The SMILES string of the molecule is C[C@@]12C=CCC1C1CC[C@H]3CC(=O)CC[C@]3(C)C1CC2. The number of rotatable bonds is 0. The van der Waals surface area contributed by atoms with Crippen LogP contribution < -0.4 is 0 Å². The molecule has 1 heteroatoms. The van der Waals surface area contributed by atoms with Gasteiger partial charge in [0.1, 0.15) is 5.78 Å². The number of Topliss-reactive ketones (excluding diaryl/α,β-unsaturated/α-hetero) is 1. The molecule has 0 radical (unpaired) electrons. The van der Waals surface area contributed by atoms with Crippen LogP contribution in [-0.2, 0) is 4.79 Å². The predicted octanol–water partition coefficient (Wildman–Crippen LogP) is 4.76.